The summed E-state index contributed by atoms with van der Waals surface area (Å²) in [6, 6.07) is 17.7. The summed E-state index contributed by atoms with van der Waals surface area (Å²) in [6.07, 6.45) is 1.64. The van der Waals surface area contributed by atoms with Gasteiger partial charge in [0.15, 0.2) is 5.11 Å². The van der Waals surface area contributed by atoms with Crippen LogP contribution in [0.2, 0.25) is 0 Å². The average molecular weight is 450 g/mol. The average Bonchev–Trinajstić information content (AvgIpc) is 3.45. The number of carbonyl (C=O) groups excluding carboxylic acids is 1. The molecule has 164 valence electrons. The molecule has 1 aliphatic heterocycles. The van der Waals surface area contributed by atoms with E-state index < -0.39 is 30.2 Å². The third kappa shape index (κ3) is 3.64. The van der Waals surface area contributed by atoms with Gasteiger partial charge in [0.25, 0.3) is 0 Å². The number of amides is 1. The van der Waals surface area contributed by atoms with Crippen LogP contribution in [0.15, 0.2) is 73.1 Å². The van der Waals surface area contributed by atoms with Gasteiger partial charge >= 0.3 is 0 Å². The fourth-order valence-electron chi connectivity index (χ4n) is 4.58. The van der Waals surface area contributed by atoms with Gasteiger partial charge < -0.3 is 25.7 Å². The Kier molecular flexibility index (Phi) is 5.38. The van der Waals surface area contributed by atoms with Crippen molar-refractivity contribution < 1.29 is 15.0 Å². The molecule has 1 aliphatic carbocycles. The molecule has 3 aromatic rings. The molecule has 2 aromatic carbocycles. The number of thiocarbonyl (C=S) groups is 1. The highest BCUT2D eigenvalue weighted by atomic mass is 32.1. The lowest BCUT2D eigenvalue weighted by molar-refractivity contribution is -0.126. The number of aliphatic hydroxyl groups is 2. The van der Waals surface area contributed by atoms with Gasteiger partial charge in [-0.3, -0.25) is 4.79 Å². The smallest absolute Gasteiger partial charge is 0.229 e. The molecule has 9 heteroatoms. The van der Waals surface area contributed by atoms with Crippen molar-refractivity contribution in [2.75, 3.05) is 10.2 Å². The number of hydrogen-bond acceptors (Lipinski definition) is 5. The lowest BCUT2D eigenvalue weighted by atomic mass is 9.77. The van der Waals surface area contributed by atoms with E-state index in [0.29, 0.717) is 10.8 Å². The Hall–Kier alpha value is -3.27. The van der Waals surface area contributed by atoms with Crippen LogP contribution in [0.4, 0.5) is 11.4 Å². The molecule has 32 heavy (non-hydrogen) atoms. The lowest BCUT2D eigenvalue weighted by Crippen LogP contribution is -2.60. The number of benzene rings is 2. The molecule has 2 fully saturated rings. The van der Waals surface area contributed by atoms with Crippen LogP contribution in [0.5, 0.6) is 0 Å². The Balaban J connectivity index is 1.46. The molecule has 5 rings (SSSR count). The number of para-hydroxylation sites is 1. The summed E-state index contributed by atoms with van der Waals surface area (Å²) in [7, 11) is 0. The molecular formula is C23H23N5O3S. The molecule has 1 saturated heterocycles. The van der Waals surface area contributed by atoms with Crippen molar-refractivity contribution in [1.82, 2.24) is 15.1 Å². The van der Waals surface area contributed by atoms with Crippen molar-refractivity contribution in [1.29, 1.82) is 0 Å². The van der Waals surface area contributed by atoms with Crippen molar-refractivity contribution in [2.45, 2.75) is 30.7 Å². The minimum atomic E-state index is -1.04. The molecule has 0 spiro atoms. The van der Waals surface area contributed by atoms with Gasteiger partial charge in [-0.05, 0) is 61.1 Å². The van der Waals surface area contributed by atoms with E-state index >= 15 is 0 Å². The number of aromatic nitrogens is 2. The van der Waals surface area contributed by atoms with Crippen molar-refractivity contribution >= 4 is 34.6 Å². The number of nitrogens with one attached hydrogen (secondary N) is 2. The number of aliphatic hydroxyl groups excluding tert-OH is 2. The first-order valence-corrected chi connectivity index (χ1v) is 10.9. The van der Waals surface area contributed by atoms with Gasteiger partial charge in [-0.1, -0.05) is 18.2 Å². The van der Waals surface area contributed by atoms with Crippen LogP contribution in [-0.4, -0.2) is 55.3 Å². The number of carbonyl (C=O) groups is 1. The molecule has 0 bridgehead atoms. The Bertz CT molecular complexity index is 1110. The summed E-state index contributed by atoms with van der Waals surface area (Å²) < 4.78 is 1.75. The van der Waals surface area contributed by atoms with Crippen LogP contribution in [0.25, 0.3) is 5.69 Å². The fourth-order valence-corrected chi connectivity index (χ4v) is 4.95. The topological polar surface area (TPSA) is 103 Å². The lowest BCUT2D eigenvalue weighted by Gasteiger charge is -2.41. The number of fused-ring (bicyclic) bond motifs is 1. The number of rotatable bonds is 4. The second kappa shape index (κ2) is 8.34. The second-order valence-corrected chi connectivity index (χ2v) is 8.45. The highest BCUT2D eigenvalue weighted by Gasteiger charge is 2.53. The summed E-state index contributed by atoms with van der Waals surface area (Å²) in [5, 5.41) is 31.8. The molecule has 2 aliphatic rings. The first-order chi connectivity index (χ1) is 15.5. The molecule has 4 N–H and O–H groups in total. The maximum Gasteiger partial charge on any atom is 0.229 e. The zero-order chi connectivity index (χ0) is 22.2. The standard InChI is InChI=1S/C23H23N5O3S/c29-18-13-17(22(31)25-14-5-2-1-3-6-14)20-19(21(18)30)26-23(32)28(20)16-9-7-15(8-10-16)27-12-4-11-24-27/h1-12,17-21,29-30H,13H2,(H,25,31)(H,26,32)/t17-,18+,19-,20+,21-/m0/s1. The molecule has 0 unspecified atom stereocenters. The Morgan fingerprint density at radius 3 is 2.47 bits per heavy atom. The zero-order valence-corrected chi connectivity index (χ0v) is 17.9. The van der Waals surface area contributed by atoms with Gasteiger partial charge in [0.2, 0.25) is 5.91 Å². The highest BCUT2D eigenvalue weighted by Crippen LogP contribution is 2.37. The van der Waals surface area contributed by atoms with Crippen molar-refractivity contribution in [2.24, 2.45) is 5.92 Å². The van der Waals surface area contributed by atoms with Gasteiger partial charge in [0, 0.05) is 23.8 Å². The number of anilines is 2. The van der Waals surface area contributed by atoms with Crippen LogP contribution in [0, 0.1) is 5.92 Å². The summed E-state index contributed by atoms with van der Waals surface area (Å²) in [5.74, 6) is -0.806. The van der Waals surface area contributed by atoms with Crippen LogP contribution >= 0.6 is 12.2 Å². The van der Waals surface area contributed by atoms with E-state index in [2.05, 4.69) is 15.7 Å². The molecular weight excluding hydrogens is 426 g/mol. The van der Waals surface area contributed by atoms with E-state index in [4.69, 9.17) is 12.2 Å². The van der Waals surface area contributed by atoms with Crippen LogP contribution in [-0.2, 0) is 4.79 Å². The molecule has 8 nitrogen and oxygen atoms in total. The Morgan fingerprint density at radius 2 is 1.78 bits per heavy atom. The normalized spacial score (nSPS) is 27.0. The van der Waals surface area contributed by atoms with E-state index in [1.807, 2.05) is 71.8 Å². The Labute approximate surface area is 190 Å². The fraction of sp³-hybridized carbons (Fsp3) is 0.261. The van der Waals surface area contributed by atoms with Gasteiger partial charge in [0.1, 0.15) is 6.10 Å². The maximum atomic E-state index is 13.2. The van der Waals surface area contributed by atoms with Gasteiger partial charge in [0.05, 0.1) is 29.8 Å². The summed E-state index contributed by atoms with van der Waals surface area (Å²) in [4.78, 5) is 15.1. The van der Waals surface area contributed by atoms with Gasteiger partial charge in [-0.15, -0.1) is 0 Å². The second-order valence-electron chi connectivity index (χ2n) is 8.06. The zero-order valence-electron chi connectivity index (χ0n) is 17.1. The highest BCUT2D eigenvalue weighted by molar-refractivity contribution is 7.80. The summed E-state index contributed by atoms with van der Waals surface area (Å²) in [5.41, 5.74) is 2.37. The van der Waals surface area contributed by atoms with E-state index in [9.17, 15) is 15.0 Å². The van der Waals surface area contributed by atoms with E-state index in [-0.39, 0.29) is 12.3 Å². The molecule has 1 aromatic heterocycles. The minimum absolute atomic E-state index is 0.132. The maximum absolute atomic E-state index is 13.2. The van der Waals surface area contributed by atoms with Crippen LogP contribution in [0.3, 0.4) is 0 Å². The first kappa shape index (κ1) is 20.6. The molecule has 5 atom stereocenters. The minimum Gasteiger partial charge on any atom is -0.390 e. The predicted molar refractivity (Wildman–Crippen MR) is 125 cm³/mol. The predicted octanol–water partition coefficient (Wildman–Crippen LogP) is 1.68. The monoisotopic (exact) mass is 449 g/mol. The van der Waals surface area contributed by atoms with Gasteiger partial charge in [-0.25, -0.2) is 4.68 Å². The Morgan fingerprint density at radius 1 is 1.06 bits per heavy atom. The van der Waals surface area contributed by atoms with Gasteiger partial charge in [-0.2, -0.15) is 5.10 Å². The quantitative estimate of drug-likeness (QED) is 0.450. The van der Waals surface area contributed by atoms with Crippen molar-refractivity contribution in [3.8, 4) is 5.69 Å². The van der Waals surface area contributed by atoms with Crippen molar-refractivity contribution in [3.63, 3.8) is 0 Å². The SMILES string of the molecule is O=C(Nc1ccccc1)[C@H]1C[C@@H](O)[C@H](O)[C@H]2NC(=S)N(c3ccc(-n4cccn4)cc3)[C@@H]21. The molecule has 2 heterocycles. The van der Waals surface area contributed by atoms with Crippen LogP contribution < -0.4 is 15.5 Å². The number of hydrogen-bond donors (Lipinski definition) is 4. The van der Waals surface area contributed by atoms with Crippen molar-refractivity contribution in [3.05, 3.63) is 73.1 Å². The van der Waals surface area contributed by atoms with Crippen LogP contribution in [0.1, 0.15) is 6.42 Å². The largest absolute Gasteiger partial charge is 0.390 e. The summed E-state index contributed by atoms with van der Waals surface area (Å²) >= 11 is 5.58. The number of nitrogens with zero attached hydrogens (tertiary/aromatic N) is 3. The first-order valence-electron chi connectivity index (χ1n) is 10.4. The third-order valence-electron chi connectivity index (χ3n) is 6.12. The summed E-state index contributed by atoms with van der Waals surface area (Å²) in [6.45, 7) is 0. The molecule has 0 radical (unpaired) electrons. The van der Waals surface area contributed by atoms with E-state index in [1.54, 1.807) is 10.9 Å². The van der Waals surface area contributed by atoms with E-state index in [1.165, 1.54) is 0 Å². The molecule has 1 saturated carbocycles. The van der Waals surface area contributed by atoms with E-state index in [0.717, 1.165) is 11.4 Å². The molecule has 1 amide bonds. The third-order valence-corrected chi connectivity index (χ3v) is 6.43.